The lowest BCUT2D eigenvalue weighted by Crippen LogP contribution is -2.10. The van der Waals surface area contributed by atoms with E-state index in [1.54, 1.807) is 0 Å². The first-order valence-electron chi connectivity index (χ1n) is 14.8. The van der Waals surface area contributed by atoms with E-state index in [0.29, 0.717) is 17.3 Å². The lowest BCUT2D eigenvalue weighted by molar-refractivity contribution is 0.482. The summed E-state index contributed by atoms with van der Waals surface area (Å²) in [5.41, 5.74) is 8.30. The number of hydrogen-bond donors (Lipinski definition) is 0. The van der Waals surface area contributed by atoms with Crippen LogP contribution >= 0.6 is 0 Å². The molecule has 3 aromatic heterocycles. The van der Waals surface area contributed by atoms with E-state index in [4.69, 9.17) is 9.84 Å². The van der Waals surface area contributed by atoms with Crippen LogP contribution in [0.25, 0.3) is 44.4 Å². The van der Waals surface area contributed by atoms with Gasteiger partial charge in [-0.2, -0.15) is 5.10 Å². The minimum absolute atomic E-state index is 0.0128. The molecular formula is C38H33FN4O. The number of aromatic nitrogens is 4. The molecule has 7 aromatic rings. The fraction of sp³-hybridized carbons (Fsp3) is 0.158. The molecule has 0 unspecified atom stereocenters. The van der Waals surface area contributed by atoms with Crippen molar-refractivity contribution in [1.82, 2.24) is 19.3 Å². The third kappa shape index (κ3) is 4.82. The first-order valence-corrected chi connectivity index (χ1v) is 14.8. The van der Waals surface area contributed by atoms with E-state index in [2.05, 4.69) is 69.1 Å². The van der Waals surface area contributed by atoms with Gasteiger partial charge in [-0.1, -0.05) is 63.2 Å². The van der Waals surface area contributed by atoms with Crippen molar-refractivity contribution in [3.05, 3.63) is 132 Å². The number of halogens is 1. The third-order valence-corrected chi connectivity index (χ3v) is 8.19. The number of ether oxygens (including phenoxy) is 1. The number of aryl methyl sites for hydroxylation is 1. The number of pyridine rings is 1. The zero-order chi connectivity index (χ0) is 30.6. The van der Waals surface area contributed by atoms with Crippen molar-refractivity contribution in [1.29, 1.82) is 0 Å². The van der Waals surface area contributed by atoms with Gasteiger partial charge in [0.15, 0.2) is 0 Å². The molecule has 0 spiro atoms. The van der Waals surface area contributed by atoms with Gasteiger partial charge in [0, 0.05) is 46.4 Å². The topological polar surface area (TPSA) is 44.9 Å². The van der Waals surface area contributed by atoms with Gasteiger partial charge in [0.25, 0.3) is 0 Å². The molecule has 0 saturated heterocycles. The Balaban J connectivity index is 1.31. The number of hydrogen-bond acceptors (Lipinski definition) is 3. The van der Waals surface area contributed by atoms with Crippen molar-refractivity contribution in [2.45, 2.75) is 40.0 Å². The van der Waals surface area contributed by atoms with Crippen LogP contribution in [0, 0.1) is 19.7 Å². The van der Waals surface area contributed by atoms with Gasteiger partial charge in [-0.05, 0) is 72.9 Å². The van der Waals surface area contributed by atoms with E-state index in [1.807, 2.05) is 70.8 Å². The largest absolute Gasteiger partial charge is 0.457 e. The molecule has 218 valence electrons. The number of fused-ring (bicyclic) bond motifs is 3. The molecular weight excluding hydrogens is 547 g/mol. The Labute approximate surface area is 256 Å². The van der Waals surface area contributed by atoms with Gasteiger partial charge in [-0.3, -0.25) is 4.57 Å². The normalized spacial score (nSPS) is 11.9. The van der Waals surface area contributed by atoms with Crippen molar-refractivity contribution >= 4 is 21.8 Å². The summed E-state index contributed by atoms with van der Waals surface area (Å²) in [6.45, 7) is 10.7. The molecule has 0 radical (unpaired) electrons. The van der Waals surface area contributed by atoms with Gasteiger partial charge in [-0.15, -0.1) is 0 Å². The van der Waals surface area contributed by atoms with Crippen molar-refractivity contribution < 1.29 is 9.13 Å². The van der Waals surface area contributed by atoms with Crippen molar-refractivity contribution in [3.8, 4) is 34.1 Å². The fourth-order valence-corrected chi connectivity index (χ4v) is 6.02. The quantitative estimate of drug-likeness (QED) is 0.204. The van der Waals surface area contributed by atoms with Crippen LogP contribution < -0.4 is 4.74 Å². The zero-order valence-corrected chi connectivity index (χ0v) is 25.5. The molecule has 4 aromatic carbocycles. The van der Waals surface area contributed by atoms with Crippen molar-refractivity contribution in [3.63, 3.8) is 0 Å². The average Bonchev–Trinajstić information content (AvgIpc) is 3.49. The van der Waals surface area contributed by atoms with E-state index in [9.17, 15) is 4.39 Å². The van der Waals surface area contributed by atoms with E-state index in [-0.39, 0.29) is 11.2 Å². The summed E-state index contributed by atoms with van der Waals surface area (Å²) in [7, 11) is 0. The molecule has 0 aliphatic heterocycles. The number of nitrogens with zero attached hydrogens (tertiary/aromatic N) is 4. The molecule has 0 saturated carbocycles. The van der Waals surface area contributed by atoms with Gasteiger partial charge >= 0.3 is 0 Å². The van der Waals surface area contributed by atoms with Crippen molar-refractivity contribution in [2.24, 2.45) is 0 Å². The highest BCUT2D eigenvalue weighted by Crippen LogP contribution is 2.38. The summed E-state index contributed by atoms with van der Waals surface area (Å²) in [5, 5.41) is 7.01. The zero-order valence-electron chi connectivity index (χ0n) is 25.5. The van der Waals surface area contributed by atoms with E-state index in [0.717, 1.165) is 50.0 Å². The summed E-state index contributed by atoms with van der Waals surface area (Å²) in [6, 6.07) is 33.6. The second-order valence-electron chi connectivity index (χ2n) is 12.3. The second-order valence-corrected chi connectivity index (χ2v) is 12.3. The predicted molar refractivity (Wildman–Crippen MR) is 176 cm³/mol. The molecule has 7 rings (SSSR count). The van der Waals surface area contributed by atoms with Crippen LogP contribution in [-0.4, -0.2) is 19.3 Å². The SMILES string of the molecule is Cc1nn(-c2cccc(Oc3ccc4c5cc(C(C)(C)C)ccc5n(-c5cc(F)ccn5)c4c3)c2)c(C)c1-c1ccccc1. The van der Waals surface area contributed by atoms with E-state index >= 15 is 0 Å². The van der Waals surface area contributed by atoms with Crippen LogP contribution in [0.2, 0.25) is 0 Å². The molecule has 5 nitrogen and oxygen atoms in total. The minimum atomic E-state index is -0.333. The van der Waals surface area contributed by atoms with Crippen molar-refractivity contribution in [2.75, 3.05) is 0 Å². The molecule has 0 amide bonds. The molecule has 0 aliphatic carbocycles. The van der Waals surface area contributed by atoms with Gasteiger partial charge in [0.05, 0.1) is 22.4 Å². The Morgan fingerprint density at radius 2 is 1.52 bits per heavy atom. The first kappa shape index (κ1) is 27.6. The summed E-state index contributed by atoms with van der Waals surface area (Å²) < 4.78 is 24.8. The molecule has 0 fully saturated rings. The molecule has 0 atom stereocenters. The maximum atomic E-state index is 14.4. The highest BCUT2D eigenvalue weighted by Gasteiger charge is 2.20. The van der Waals surface area contributed by atoms with Crippen LogP contribution in [-0.2, 0) is 5.41 Å². The average molecular weight is 581 g/mol. The molecule has 44 heavy (non-hydrogen) atoms. The Kier molecular flexibility index (Phi) is 6.58. The molecule has 6 heteroatoms. The van der Waals surface area contributed by atoms with Crippen LogP contribution in [0.1, 0.15) is 37.7 Å². The first-order chi connectivity index (χ1) is 21.2. The smallest absolute Gasteiger partial charge is 0.140 e. The van der Waals surface area contributed by atoms with Crippen LogP contribution in [0.4, 0.5) is 4.39 Å². The monoisotopic (exact) mass is 580 g/mol. The molecule has 0 bridgehead atoms. The maximum Gasteiger partial charge on any atom is 0.140 e. The number of benzene rings is 4. The van der Waals surface area contributed by atoms with E-state index in [1.165, 1.54) is 23.9 Å². The summed E-state index contributed by atoms with van der Waals surface area (Å²) in [5.74, 6) is 1.55. The van der Waals surface area contributed by atoms with Gasteiger partial charge in [0.1, 0.15) is 23.1 Å². The van der Waals surface area contributed by atoms with Gasteiger partial charge in [0.2, 0.25) is 0 Å². The predicted octanol–water partition coefficient (Wildman–Crippen LogP) is 9.88. The fourth-order valence-electron chi connectivity index (χ4n) is 6.02. The lowest BCUT2D eigenvalue weighted by atomic mass is 9.86. The maximum absolute atomic E-state index is 14.4. The summed E-state index contributed by atoms with van der Waals surface area (Å²) in [6.07, 6.45) is 1.50. The Morgan fingerprint density at radius 1 is 0.727 bits per heavy atom. The Morgan fingerprint density at radius 3 is 2.30 bits per heavy atom. The number of rotatable bonds is 5. The molecule has 3 heterocycles. The van der Waals surface area contributed by atoms with Gasteiger partial charge < -0.3 is 4.74 Å². The van der Waals surface area contributed by atoms with Gasteiger partial charge in [-0.25, -0.2) is 14.1 Å². The highest BCUT2D eigenvalue weighted by molar-refractivity contribution is 6.09. The highest BCUT2D eigenvalue weighted by atomic mass is 19.1. The third-order valence-electron chi connectivity index (χ3n) is 8.19. The summed E-state index contributed by atoms with van der Waals surface area (Å²) >= 11 is 0. The van der Waals surface area contributed by atoms with Crippen LogP contribution in [0.5, 0.6) is 11.5 Å². The van der Waals surface area contributed by atoms with E-state index < -0.39 is 0 Å². The Hall–Kier alpha value is -5.23. The molecule has 0 N–H and O–H groups in total. The Bertz CT molecular complexity index is 2170. The van der Waals surface area contributed by atoms with Crippen LogP contribution in [0.15, 0.2) is 109 Å². The lowest BCUT2D eigenvalue weighted by Gasteiger charge is -2.19. The minimum Gasteiger partial charge on any atom is -0.457 e. The van der Waals surface area contributed by atoms with Crippen LogP contribution in [0.3, 0.4) is 0 Å². The molecule has 0 aliphatic rings. The standard InChI is InChI=1S/C38H33FN4O/c1-24-37(26-10-7-6-8-11-26)25(2)43(41-24)29-12-9-13-30(22-29)44-31-15-16-32-33-20-27(38(3,4)5)14-17-34(33)42(35(32)23-31)36-21-28(39)18-19-40-36/h6-23H,1-5H3. The second kappa shape index (κ2) is 10.5. The summed E-state index contributed by atoms with van der Waals surface area (Å²) in [4.78, 5) is 4.52.